The predicted octanol–water partition coefficient (Wildman–Crippen LogP) is 3.76. The van der Waals surface area contributed by atoms with Gasteiger partial charge in [-0.05, 0) is 35.9 Å². The van der Waals surface area contributed by atoms with Crippen LogP contribution in [-0.2, 0) is 22.0 Å². The van der Waals surface area contributed by atoms with Crippen LogP contribution >= 0.6 is 12.4 Å². The number of nitrogen functional groups attached to an aromatic ring is 1. The maximum atomic E-state index is 12.7. The van der Waals surface area contributed by atoms with Crippen molar-refractivity contribution in [2.45, 2.75) is 11.9 Å². The van der Waals surface area contributed by atoms with Gasteiger partial charge in [-0.25, -0.2) is 12.9 Å². The van der Waals surface area contributed by atoms with Crippen molar-refractivity contribution in [3.63, 3.8) is 0 Å². The molecular formula is C19H16ClF3N6O2S. The monoisotopic (exact) mass is 484 g/mol. The molecule has 0 saturated heterocycles. The highest BCUT2D eigenvalue weighted by Crippen LogP contribution is 2.29. The van der Waals surface area contributed by atoms with Gasteiger partial charge in [0.25, 0.3) is 0 Å². The van der Waals surface area contributed by atoms with Crippen LogP contribution < -0.4 is 10.5 Å². The van der Waals surface area contributed by atoms with Crippen LogP contribution in [0.4, 0.5) is 24.8 Å². The number of halogens is 4. The van der Waals surface area contributed by atoms with Gasteiger partial charge in [-0.15, -0.1) is 17.5 Å². The van der Waals surface area contributed by atoms with Crippen LogP contribution in [0.25, 0.3) is 16.8 Å². The van der Waals surface area contributed by atoms with Crippen LogP contribution in [0, 0.1) is 0 Å². The van der Waals surface area contributed by atoms with E-state index < -0.39 is 27.5 Å². The summed E-state index contributed by atoms with van der Waals surface area (Å²) in [6.45, 7) is 0. The minimum atomic E-state index is -4.48. The van der Waals surface area contributed by atoms with Crippen molar-refractivity contribution in [1.29, 1.82) is 0 Å². The number of sulfonamides is 1. The lowest BCUT2D eigenvalue weighted by molar-refractivity contribution is -0.137. The van der Waals surface area contributed by atoms with Gasteiger partial charge in [0.1, 0.15) is 0 Å². The SMILES string of the molecule is Cl.Nc1nc2ccc(-c3cncc(NS(=O)(=O)Cc4ccc(C(F)(F)F)cc4)c3)cn2n1. The number of nitrogens with two attached hydrogens (primary N) is 1. The van der Waals surface area contributed by atoms with Crippen molar-refractivity contribution < 1.29 is 21.6 Å². The van der Waals surface area contributed by atoms with E-state index in [-0.39, 0.29) is 29.6 Å². The van der Waals surface area contributed by atoms with Gasteiger partial charge in [-0.3, -0.25) is 9.71 Å². The zero-order valence-corrected chi connectivity index (χ0v) is 17.7. The third-order valence-electron chi connectivity index (χ3n) is 4.33. The second-order valence-corrected chi connectivity index (χ2v) is 8.43. The summed E-state index contributed by atoms with van der Waals surface area (Å²) in [7, 11) is -3.88. The number of benzene rings is 1. The van der Waals surface area contributed by atoms with Gasteiger partial charge in [-0.2, -0.15) is 18.2 Å². The Morgan fingerprint density at radius 1 is 1.03 bits per heavy atom. The second-order valence-electron chi connectivity index (χ2n) is 6.71. The zero-order chi connectivity index (χ0) is 22.2. The molecule has 0 radical (unpaired) electrons. The van der Waals surface area contributed by atoms with E-state index in [2.05, 4.69) is 19.8 Å². The van der Waals surface area contributed by atoms with Crippen molar-refractivity contribution in [2.24, 2.45) is 0 Å². The normalized spacial score (nSPS) is 11.8. The summed E-state index contributed by atoms with van der Waals surface area (Å²) < 4.78 is 66.8. The highest BCUT2D eigenvalue weighted by molar-refractivity contribution is 7.91. The van der Waals surface area contributed by atoms with E-state index in [1.807, 2.05) is 0 Å². The summed E-state index contributed by atoms with van der Waals surface area (Å²) in [5.74, 6) is -0.362. The molecule has 3 N–H and O–H groups in total. The molecular weight excluding hydrogens is 469 g/mol. The van der Waals surface area contributed by atoms with Gasteiger partial charge in [0.05, 0.1) is 23.2 Å². The lowest BCUT2D eigenvalue weighted by Gasteiger charge is -2.11. The van der Waals surface area contributed by atoms with E-state index in [0.717, 1.165) is 24.3 Å². The van der Waals surface area contributed by atoms with E-state index in [4.69, 9.17) is 5.73 Å². The largest absolute Gasteiger partial charge is 0.416 e. The third kappa shape index (κ3) is 5.26. The summed E-state index contributed by atoms with van der Waals surface area (Å²) in [4.78, 5) is 8.09. The topological polar surface area (TPSA) is 115 Å². The number of hydrogen-bond donors (Lipinski definition) is 2. The first-order chi connectivity index (χ1) is 14.6. The Morgan fingerprint density at radius 3 is 2.44 bits per heavy atom. The fourth-order valence-corrected chi connectivity index (χ4v) is 4.12. The number of anilines is 2. The van der Waals surface area contributed by atoms with E-state index in [9.17, 15) is 21.6 Å². The van der Waals surface area contributed by atoms with Crippen LogP contribution in [0.5, 0.6) is 0 Å². The number of pyridine rings is 2. The molecule has 0 aliphatic heterocycles. The van der Waals surface area contributed by atoms with Crippen molar-refractivity contribution in [3.05, 3.63) is 72.2 Å². The smallest absolute Gasteiger partial charge is 0.366 e. The molecule has 0 saturated carbocycles. The van der Waals surface area contributed by atoms with Crippen molar-refractivity contribution in [1.82, 2.24) is 19.6 Å². The maximum absolute atomic E-state index is 12.7. The molecule has 8 nitrogen and oxygen atoms in total. The Morgan fingerprint density at radius 2 is 1.75 bits per heavy atom. The van der Waals surface area contributed by atoms with E-state index in [1.54, 1.807) is 30.6 Å². The summed E-state index contributed by atoms with van der Waals surface area (Å²) >= 11 is 0. The Balaban J connectivity index is 0.00000289. The molecule has 13 heteroatoms. The molecule has 4 aromatic rings. The first-order valence-corrected chi connectivity index (χ1v) is 10.5. The van der Waals surface area contributed by atoms with Gasteiger partial charge < -0.3 is 5.73 Å². The molecule has 168 valence electrons. The molecule has 3 aromatic heterocycles. The molecule has 0 bridgehead atoms. The van der Waals surface area contributed by atoms with Crippen LogP contribution in [0.15, 0.2) is 61.1 Å². The predicted molar refractivity (Wildman–Crippen MR) is 116 cm³/mol. The maximum Gasteiger partial charge on any atom is 0.416 e. The molecule has 0 amide bonds. The molecule has 4 rings (SSSR count). The van der Waals surface area contributed by atoms with E-state index in [1.165, 1.54) is 10.7 Å². The Labute approximate surface area is 186 Å². The van der Waals surface area contributed by atoms with Crippen molar-refractivity contribution in [2.75, 3.05) is 10.5 Å². The molecule has 0 spiro atoms. The fourth-order valence-electron chi connectivity index (χ4n) is 2.95. The van der Waals surface area contributed by atoms with Crippen LogP contribution in [-0.4, -0.2) is 28.0 Å². The molecule has 0 aliphatic carbocycles. The van der Waals surface area contributed by atoms with Gasteiger partial charge in [0.2, 0.25) is 16.0 Å². The van der Waals surface area contributed by atoms with E-state index >= 15 is 0 Å². The Hall–Kier alpha value is -3.38. The molecule has 0 aliphatic rings. The number of hydrogen-bond acceptors (Lipinski definition) is 6. The summed E-state index contributed by atoms with van der Waals surface area (Å²) in [6.07, 6.45) is 0.0772. The van der Waals surface area contributed by atoms with Gasteiger partial charge in [0, 0.05) is 23.5 Å². The molecule has 0 fully saturated rings. The van der Waals surface area contributed by atoms with Crippen molar-refractivity contribution >= 4 is 39.7 Å². The number of fused-ring (bicyclic) bond motifs is 1. The van der Waals surface area contributed by atoms with E-state index in [0.29, 0.717) is 16.8 Å². The average molecular weight is 485 g/mol. The number of rotatable bonds is 5. The minimum Gasteiger partial charge on any atom is -0.366 e. The van der Waals surface area contributed by atoms with Crippen molar-refractivity contribution in [3.8, 4) is 11.1 Å². The lowest BCUT2D eigenvalue weighted by atomic mass is 10.1. The number of alkyl halides is 3. The zero-order valence-electron chi connectivity index (χ0n) is 16.1. The van der Waals surface area contributed by atoms with Crippen LogP contribution in [0.3, 0.4) is 0 Å². The molecule has 3 heterocycles. The van der Waals surface area contributed by atoms with Crippen LogP contribution in [0.2, 0.25) is 0 Å². The molecule has 1 aromatic carbocycles. The van der Waals surface area contributed by atoms with Gasteiger partial charge in [-0.1, -0.05) is 12.1 Å². The quantitative estimate of drug-likeness (QED) is 0.445. The fraction of sp³-hybridized carbons (Fsp3) is 0.105. The number of nitrogens with one attached hydrogen (secondary N) is 1. The summed E-state index contributed by atoms with van der Waals surface area (Å²) in [5, 5.41) is 4.03. The van der Waals surface area contributed by atoms with Gasteiger partial charge in [0.15, 0.2) is 5.65 Å². The third-order valence-corrected chi connectivity index (χ3v) is 5.59. The van der Waals surface area contributed by atoms with Gasteiger partial charge >= 0.3 is 6.18 Å². The molecule has 32 heavy (non-hydrogen) atoms. The Bertz CT molecular complexity index is 1360. The molecule has 0 atom stereocenters. The minimum absolute atomic E-state index is 0. The highest BCUT2D eigenvalue weighted by Gasteiger charge is 2.30. The lowest BCUT2D eigenvalue weighted by Crippen LogP contribution is -2.15. The average Bonchev–Trinajstić information content (AvgIpc) is 3.06. The second kappa shape index (κ2) is 8.63. The first kappa shape index (κ1) is 23.3. The Kier molecular flexibility index (Phi) is 6.28. The summed E-state index contributed by atoms with van der Waals surface area (Å²) in [5.41, 5.74) is 7.04. The van der Waals surface area contributed by atoms with Crippen LogP contribution in [0.1, 0.15) is 11.1 Å². The standard InChI is InChI=1S/C19H15F3N6O2S.ClH/c20-19(21,22)15-4-1-12(2-5-15)11-31(29,30)27-16-7-14(8-24-9-16)13-3-6-17-25-18(23)26-28(17)10-13;/h1-10,27H,11H2,(H2,23,26);1H. The first-order valence-electron chi connectivity index (χ1n) is 8.83. The summed E-state index contributed by atoms with van der Waals surface area (Å²) in [6, 6.07) is 9.02. The number of nitrogens with zero attached hydrogens (tertiary/aromatic N) is 4. The number of aromatic nitrogens is 4. The highest BCUT2D eigenvalue weighted by atomic mass is 35.5. The molecule has 0 unspecified atom stereocenters.